The predicted octanol–water partition coefficient (Wildman–Crippen LogP) is 2.70. The molecule has 6 heteroatoms. The van der Waals surface area contributed by atoms with E-state index in [1.165, 1.54) is 6.26 Å². The molecule has 2 amide bonds. The van der Waals surface area contributed by atoms with Gasteiger partial charge in [-0.1, -0.05) is 0 Å². The zero-order chi connectivity index (χ0) is 18.0. The van der Waals surface area contributed by atoms with Gasteiger partial charge in [0, 0.05) is 38.8 Å². The predicted molar refractivity (Wildman–Crippen MR) is 93.6 cm³/mol. The first-order valence-electron chi connectivity index (χ1n) is 8.49. The molecule has 0 unspecified atom stereocenters. The smallest absolute Gasteiger partial charge is 0.289 e. The van der Waals surface area contributed by atoms with E-state index < -0.39 is 0 Å². The van der Waals surface area contributed by atoms with E-state index in [0.717, 1.165) is 24.2 Å². The summed E-state index contributed by atoms with van der Waals surface area (Å²) in [6, 6.07) is 7.14. The second kappa shape index (κ2) is 7.09. The highest BCUT2D eigenvalue weighted by Gasteiger charge is 2.29. The molecule has 3 rings (SSSR count). The first kappa shape index (κ1) is 17.2. The van der Waals surface area contributed by atoms with E-state index in [4.69, 9.17) is 4.42 Å². The Morgan fingerprint density at radius 2 is 1.92 bits per heavy atom. The van der Waals surface area contributed by atoms with Gasteiger partial charge in [0.1, 0.15) is 0 Å². The number of pyridine rings is 1. The van der Waals surface area contributed by atoms with Crippen molar-refractivity contribution in [1.82, 2.24) is 14.8 Å². The summed E-state index contributed by atoms with van der Waals surface area (Å²) in [4.78, 5) is 32.9. The van der Waals surface area contributed by atoms with Crippen LogP contribution >= 0.6 is 0 Å². The van der Waals surface area contributed by atoms with Crippen molar-refractivity contribution in [1.29, 1.82) is 0 Å². The number of hydrogen-bond acceptors (Lipinski definition) is 4. The van der Waals surface area contributed by atoms with Crippen LogP contribution in [-0.4, -0.2) is 53.8 Å². The van der Waals surface area contributed by atoms with Gasteiger partial charge in [-0.05, 0) is 44.0 Å². The van der Waals surface area contributed by atoms with E-state index in [0.29, 0.717) is 24.4 Å². The maximum atomic E-state index is 12.5. The largest absolute Gasteiger partial charge is 0.459 e. The van der Waals surface area contributed by atoms with Crippen LogP contribution in [-0.2, 0) is 0 Å². The van der Waals surface area contributed by atoms with Gasteiger partial charge in [0.05, 0.1) is 17.5 Å². The average Bonchev–Trinajstić information content (AvgIpc) is 3.15. The summed E-state index contributed by atoms with van der Waals surface area (Å²) < 4.78 is 5.20. The third-order valence-electron chi connectivity index (χ3n) is 4.60. The molecule has 132 valence electrons. The van der Waals surface area contributed by atoms with Gasteiger partial charge in [0.2, 0.25) is 0 Å². The lowest BCUT2D eigenvalue weighted by molar-refractivity contribution is 0.0677. The van der Waals surface area contributed by atoms with Crippen LogP contribution in [0.15, 0.2) is 34.9 Å². The fourth-order valence-corrected chi connectivity index (χ4v) is 3.22. The molecule has 0 aliphatic carbocycles. The number of furan rings is 1. The normalized spacial score (nSPS) is 15.2. The van der Waals surface area contributed by atoms with Gasteiger partial charge in [-0.2, -0.15) is 0 Å². The minimum absolute atomic E-state index is 0.0309. The quantitative estimate of drug-likeness (QED) is 0.861. The number of carbonyl (C=O) groups excluding carboxylic acids is 2. The molecule has 1 aliphatic rings. The van der Waals surface area contributed by atoms with Crippen molar-refractivity contribution in [2.45, 2.75) is 25.7 Å². The van der Waals surface area contributed by atoms with Crippen LogP contribution in [0, 0.1) is 6.92 Å². The molecule has 1 saturated heterocycles. The van der Waals surface area contributed by atoms with E-state index >= 15 is 0 Å². The Morgan fingerprint density at radius 1 is 1.20 bits per heavy atom. The highest BCUT2D eigenvalue weighted by Crippen LogP contribution is 2.30. The van der Waals surface area contributed by atoms with E-state index in [-0.39, 0.29) is 17.7 Å². The lowest BCUT2D eigenvalue weighted by Gasteiger charge is -2.32. The molecule has 1 aliphatic heterocycles. The first-order valence-corrected chi connectivity index (χ1v) is 8.49. The minimum Gasteiger partial charge on any atom is -0.459 e. The molecule has 3 heterocycles. The number of rotatable bonds is 3. The fraction of sp³-hybridized carbons (Fsp3) is 0.421. The highest BCUT2D eigenvalue weighted by atomic mass is 16.3. The van der Waals surface area contributed by atoms with E-state index in [9.17, 15) is 9.59 Å². The number of aryl methyl sites for hydroxylation is 1. The summed E-state index contributed by atoms with van der Waals surface area (Å²) >= 11 is 0. The van der Waals surface area contributed by atoms with Crippen LogP contribution in [0.5, 0.6) is 0 Å². The SMILES string of the molecule is Cc1ccc(C(=O)N(C)C)c(C2CCN(C(=O)c3ccco3)CC2)n1. The summed E-state index contributed by atoms with van der Waals surface area (Å²) in [5.41, 5.74) is 2.41. The number of carbonyl (C=O) groups is 2. The molecule has 0 aromatic carbocycles. The zero-order valence-corrected chi connectivity index (χ0v) is 14.9. The summed E-state index contributed by atoms with van der Waals surface area (Å²) in [6.07, 6.45) is 3.09. The molecule has 0 saturated carbocycles. The maximum Gasteiger partial charge on any atom is 0.289 e. The van der Waals surface area contributed by atoms with Crippen molar-refractivity contribution in [3.8, 4) is 0 Å². The van der Waals surface area contributed by atoms with Gasteiger partial charge in [-0.15, -0.1) is 0 Å². The summed E-state index contributed by atoms with van der Waals surface area (Å²) in [7, 11) is 3.49. The number of nitrogens with zero attached hydrogens (tertiary/aromatic N) is 3. The Kier molecular flexibility index (Phi) is 4.88. The summed E-state index contributed by atoms with van der Waals surface area (Å²) in [5.74, 6) is 0.442. The molecule has 0 bridgehead atoms. The molecular weight excluding hydrogens is 318 g/mol. The van der Waals surface area contributed by atoms with Crippen LogP contribution in [0.25, 0.3) is 0 Å². The molecule has 0 atom stereocenters. The number of likely N-dealkylation sites (tertiary alicyclic amines) is 1. The third-order valence-corrected chi connectivity index (χ3v) is 4.60. The lowest BCUT2D eigenvalue weighted by Crippen LogP contribution is -2.38. The lowest BCUT2D eigenvalue weighted by atomic mass is 9.89. The molecular formula is C19H23N3O3. The molecule has 2 aromatic rings. The molecule has 25 heavy (non-hydrogen) atoms. The molecule has 2 aromatic heterocycles. The third kappa shape index (κ3) is 3.57. The Morgan fingerprint density at radius 3 is 2.52 bits per heavy atom. The van der Waals surface area contributed by atoms with Gasteiger partial charge in [-0.25, -0.2) is 0 Å². The molecule has 6 nitrogen and oxygen atoms in total. The molecule has 0 N–H and O–H groups in total. The molecule has 1 fully saturated rings. The van der Waals surface area contributed by atoms with Crippen molar-refractivity contribution in [2.75, 3.05) is 27.2 Å². The van der Waals surface area contributed by atoms with E-state index in [1.807, 2.05) is 19.1 Å². The topological polar surface area (TPSA) is 66.7 Å². The number of piperidine rings is 1. The Balaban J connectivity index is 1.76. The van der Waals surface area contributed by atoms with Crippen molar-refractivity contribution >= 4 is 11.8 Å². The van der Waals surface area contributed by atoms with Crippen molar-refractivity contribution in [3.05, 3.63) is 53.2 Å². The van der Waals surface area contributed by atoms with Gasteiger partial charge in [0.25, 0.3) is 11.8 Å². The fourth-order valence-electron chi connectivity index (χ4n) is 3.22. The van der Waals surface area contributed by atoms with Crippen molar-refractivity contribution in [3.63, 3.8) is 0 Å². The summed E-state index contributed by atoms with van der Waals surface area (Å²) in [6.45, 7) is 3.20. The Hall–Kier alpha value is -2.63. The molecule has 0 radical (unpaired) electrons. The second-order valence-corrected chi connectivity index (χ2v) is 6.63. The van der Waals surface area contributed by atoms with Crippen LogP contribution in [0.1, 0.15) is 51.1 Å². The zero-order valence-electron chi connectivity index (χ0n) is 14.9. The first-order chi connectivity index (χ1) is 12.0. The second-order valence-electron chi connectivity index (χ2n) is 6.63. The van der Waals surface area contributed by atoms with Crippen LogP contribution in [0.3, 0.4) is 0 Å². The van der Waals surface area contributed by atoms with E-state index in [1.54, 1.807) is 36.0 Å². The van der Waals surface area contributed by atoms with Crippen LogP contribution in [0.2, 0.25) is 0 Å². The van der Waals surface area contributed by atoms with Gasteiger partial charge < -0.3 is 14.2 Å². The van der Waals surface area contributed by atoms with Crippen molar-refractivity contribution in [2.24, 2.45) is 0 Å². The number of amides is 2. The van der Waals surface area contributed by atoms with Gasteiger partial charge >= 0.3 is 0 Å². The molecule has 0 spiro atoms. The van der Waals surface area contributed by atoms with Crippen molar-refractivity contribution < 1.29 is 14.0 Å². The number of aromatic nitrogens is 1. The Labute approximate surface area is 147 Å². The average molecular weight is 341 g/mol. The van der Waals surface area contributed by atoms with Crippen LogP contribution in [0.4, 0.5) is 0 Å². The van der Waals surface area contributed by atoms with Gasteiger partial charge in [-0.3, -0.25) is 14.6 Å². The summed E-state index contributed by atoms with van der Waals surface area (Å²) in [5, 5.41) is 0. The monoisotopic (exact) mass is 341 g/mol. The minimum atomic E-state index is -0.0785. The number of hydrogen-bond donors (Lipinski definition) is 0. The van der Waals surface area contributed by atoms with Gasteiger partial charge in [0.15, 0.2) is 5.76 Å². The maximum absolute atomic E-state index is 12.5. The standard InChI is InChI=1S/C19H23N3O3/c1-13-6-7-15(18(23)21(2)3)17(20-13)14-8-10-22(11-9-14)19(24)16-5-4-12-25-16/h4-7,12,14H,8-11H2,1-3H3. The Bertz CT molecular complexity index is 760. The highest BCUT2D eigenvalue weighted by molar-refractivity contribution is 5.95. The van der Waals surface area contributed by atoms with Crippen LogP contribution < -0.4 is 0 Å². The van der Waals surface area contributed by atoms with E-state index in [2.05, 4.69) is 4.98 Å².